The average Bonchev–Trinajstić information content (AvgIpc) is 3.10. The van der Waals surface area contributed by atoms with Gasteiger partial charge in [-0.15, -0.1) is 0 Å². The highest BCUT2D eigenvalue weighted by molar-refractivity contribution is 6.04. The number of benzene rings is 1. The Kier molecular flexibility index (Phi) is 5.38. The Labute approximate surface area is 191 Å². The lowest BCUT2D eigenvalue weighted by atomic mass is 9.92. The van der Waals surface area contributed by atoms with Gasteiger partial charge in [0.1, 0.15) is 0 Å². The van der Waals surface area contributed by atoms with Crippen molar-refractivity contribution >= 4 is 27.6 Å². The number of aliphatic hydroxyl groups is 1. The average molecular weight is 445 g/mol. The van der Waals surface area contributed by atoms with Crippen molar-refractivity contribution in [2.45, 2.75) is 37.8 Å². The maximum absolute atomic E-state index is 13.2. The van der Waals surface area contributed by atoms with E-state index in [4.69, 9.17) is 5.73 Å². The number of nitrogens with zero attached hydrogens (tertiary/aromatic N) is 4. The molecule has 0 saturated heterocycles. The summed E-state index contributed by atoms with van der Waals surface area (Å²) in [4.78, 5) is 22.3. The Morgan fingerprint density at radius 2 is 1.88 bits per heavy atom. The number of nitrogens with two attached hydrogens (primary N) is 1. The zero-order valence-electron chi connectivity index (χ0n) is 18.8. The SMILES string of the molecule is CN/C=C(\N)c1ccc(-c2ccc3ncc4c(c3c2)n(C2CCC(O)CC2)c(=O)n4C)cn1. The Hall–Kier alpha value is -3.65. The molecule has 33 heavy (non-hydrogen) atoms. The van der Waals surface area contributed by atoms with Gasteiger partial charge in [0.25, 0.3) is 0 Å². The van der Waals surface area contributed by atoms with Crippen LogP contribution in [-0.4, -0.2) is 37.4 Å². The molecule has 1 fully saturated rings. The molecule has 1 aliphatic rings. The molecule has 8 nitrogen and oxygen atoms in total. The molecule has 0 atom stereocenters. The van der Waals surface area contributed by atoms with Gasteiger partial charge in [-0.25, -0.2) is 4.79 Å². The predicted octanol–water partition coefficient (Wildman–Crippen LogP) is 2.90. The van der Waals surface area contributed by atoms with Crippen LogP contribution in [0.15, 0.2) is 53.7 Å². The first-order chi connectivity index (χ1) is 16.0. The molecular formula is C25H28N6O2. The van der Waals surface area contributed by atoms with Crippen molar-refractivity contribution in [2.24, 2.45) is 12.8 Å². The smallest absolute Gasteiger partial charge is 0.329 e. The Morgan fingerprint density at radius 1 is 1.12 bits per heavy atom. The Bertz CT molecular complexity index is 1410. The van der Waals surface area contributed by atoms with E-state index in [0.29, 0.717) is 24.2 Å². The maximum atomic E-state index is 13.2. The van der Waals surface area contributed by atoms with Crippen LogP contribution in [0.2, 0.25) is 0 Å². The number of hydrogen-bond donors (Lipinski definition) is 3. The minimum absolute atomic E-state index is 0.0380. The molecule has 0 aliphatic heterocycles. The second kappa shape index (κ2) is 8.37. The first kappa shape index (κ1) is 21.2. The second-order valence-electron chi connectivity index (χ2n) is 8.72. The molecule has 5 rings (SSSR count). The monoisotopic (exact) mass is 444 g/mol. The number of rotatable bonds is 4. The number of hydrogen-bond acceptors (Lipinski definition) is 6. The van der Waals surface area contributed by atoms with E-state index in [2.05, 4.69) is 21.4 Å². The molecule has 170 valence electrons. The van der Waals surface area contributed by atoms with Crippen LogP contribution in [0.5, 0.6) is 0 Å². The normalized spacial score (nSPS) is 19.3. The van der Waals surface area contributed by atoms with Gasteiger partial charge in [0, 0.05) is 43.5 Å². The number of nitrogens with one attached hydrogen (secondary N) is 1. The third-order valence-corrected chi connectivity index (χ3v) is 6.64. The molecule has 1 aromatic carbocycles. The summed E-state index contributed by atoms with van der Waals surface area (Å²) in [5, 5.41) is 13.8. The van der Waals surface area contributed by atoms with Crippen LogP contribution in [0, 0.1) is 0 Å². The van der Waals surface area contributed by atoms with Crippen LogP contribution in [0.4, 0.5) is 0 Å². The summed E-state index contributed by atoms with van der Waals surface area (Å²) in [6, 6.07) is 10.1. The van der Waals surface area contributed by atoms with E-state index in [0.717, 1.165) is 45.9 Å². The highest BCUT2D eigenvalue weighted by Gasteiger charge is 2.26. The molecule has 0 amide bonds. The van der Waals surface area contributed by atoms with Crippen molar-refractivity contribution in [3.05, 3.63) is 65.1 Å². The number of aliphatic hydroxyl groups excluding tert-OH is 1. The van der Waals surface area contributed by atoms with E-state index in [9.17, 15) is 9.90 Å². The lowest BCUT2D eigenvalue weighted by Crippen LogP contribution is -2.29. The third kappa shape index (κ3) is 3.66. The van der Waals surface area contributed by atoms with E-state index in [1.807, 2.05) is 28.8 Å². The molecule has 3 heterocycles. The quantitative estimate of drug-likeness (QED) is 0.446. The highest BCUT2D eigenvalue weighted by Crippen LogP contribution is 2.34. The summed E-state index contributed by atoms with van der Waals surface area (Å²) >= 11 is 0. The summed E-state index contributed by atoms with van der Waals surface area (Å²) in [6.45, 7) is 0. The zero-order chi connectivity index (χ0) is 23.1. The predicted molar refractivity (Wildman–Crippen MR) is 130 cm³/mol. The largest absolute Gasteiger partial charge is 0.396 e. The summed E-state index contributed by atoms with van der Waals surface area (Å²) < 4.78 is 3.59. The van der Waals surface area contributed by atoms with Crippen molar-refractivity contribution in [3.8, 4) is 11.1 Å². The summed E-state index contributed by atoms with van der Waals surface area (Å²) in [7, 11) is 3.59. The molecule has 0 spiro atoms. The number of aromatic nitrogens is 4. The zero-order valence-corrected chi connectivity index (χ0v) is 18.8. The molecule has 0 unspecified atom stereocenters. The van der Waals surface area contributed by atoms with Gasteiger partial charge in [0.05, 0.1) is 40.2 Å². The molecular weight excluding hydrogens is 416 g/mol. The van der Waals surface area contributed by atoms with Gasteiger partial charge in [-0.1, -0.05) is 12.1 Å². The molecule has 1 aliphatic carbocycles. The van der Waals surface area contributed by atoms with Crippen LogP contribution < -0.4 is 16.7 Å². The van der Waals surface area contributed by atoms with Crippen molar-refractivity contribution in [3.63, 3.8) is 0 Å². The fourth-order valence-corrected chi connectivity index (χ4v) is 4.83. The van der Waals surface area contributed by atoms with Crippen molar-refractivity contribution in [2.75, 3.05) is 7.05 Å². The van der Waals surface area contributed by atoms with Crippen molar-refractivity contribution < 1.29 is 5.11 Å². The minimum Gasteiger partial charge on any atom is -0.396 e. The number of aryl methyl sites for hydroxylation is 1. The van der Waals surface area contributed by atoms with Crippen LogP contribution in [-0.2, 0) is 7.05 Å². The first-order valence-electron chi connectivity index (χ1n) is 11.3. The fourth-order valence-electron chi connectivity index (χ4n) is 4.83. The number of fused-ring (bicyclic) bond motifs is 3. The fraction of sp³-hybridized carbons (Fsp3) is 0.320. The molecule has 4 N–H and O–H groups in total. The Balaban J connectivity index is 1.66. The van der Waals surface area contributed by atoms with E-state index in [1.165, 1.54) is 0 Å². The molecule has 8 heteroatoms. The van der Waals surface area contributed by atoms with Gasteiger partial charge in [-0.3, -0.25) is 19.1 Å². The molecule has 3 aromatic heterocycles. The number of imidazole rings is 1. The van der Waals surface area contributed by atoms with E-state index < -0.39 is 0 Å². The van der Waals surface area contributed by atoms with Crippen LogP contribution in [0.1, 0.15) is 37.4 Å². The summed E-state index contributed by atoms with van der Waals surface area (Å²) in [6.07, 6.45) is 8.02. The summed E-state index contributed by atoms with van der Waals surface area (Å²) in [5.74, 6) is 0. The van der Waals surface area contributed by atoms with Crippen molar-refractivity contribution in [1.82, 2.24) is 24.4 Å². The lowest BCUT2D eigenvalue weighted by molar-refractivity contribution is 0.111. The lowest BCUT2D eigenvalue weighted by Gasteiger charge is -2.26. The van der Waals surface area contributed by atoms with Gasteiger partial charge in [-0.05, 0) is 49.4 Å². The number of pyridine rings is 2. The van der Waals surface area contributed by atoms with E-state index in [1.54, 1.807) is 37.3 Å². The molecule has 0 bridgehead atoms. The second-order valence-corrected chi connectivity index (χ2v) is 8.72. The minimum atomic E-state index is -0.274. The van der Waals surface area contributed by atoms with E-state index >= 15 is 0 Å². The third-order valence-electron chi connectivity index (χ3n) is 6.64. The molecule has 1 saturated carbocycles. The van der Waals surface area contributed by atoms with Gasteiger partial charge < -0.3 is 16.2 Å². The Morgan fingerprint density at radius 3 is 2.58 bits per heavy atom. The van der Waals surface area contributed by atoms with Gasteiger partial charge in [0.15, 0.2) is 0 Å². The van der Waals surface area contributed by atoms with Gasteiger partial charge in [-0.2, -0.15) is 0 Å². The summed E-state index contributed by atoms with van der Waals surface area (Å²) in [5.41, 5.74) is 11.8. The van der Waals surface area contributed by atoms with E-state index in [-0.39, 0.29) is 17.8 Å². The standard InChI is InChI=1S/C25H28N6O2/c1-27-13-20(26)22-10-4-16(12-28-22)15-3-9-21-19(11-15)24-23(14-29-21)30(2)25(33)31(24)17-5-7-18(32)8-6-17/h3-4,9-14,17-18,27,32H,5-8,26H2,1-2H3/b20-13-. The highest BCUT2D eigenvalue weighted by atomic mass is 16.3. The van der Waals surface area contributed by atoms with Crippen LogP contribution in [0.3, 0.4) is 0 Å². The van der Waals surface area contributed by atoms with Gasteiger partial charge in [0.2, 0.25) is 0 Å². The molecule has 4 aromatic rings. The first-order valence-corrected chi connectivity index (χ1v) is 11.3. The van der Waals surface area contributed by atoms with Crippen LogP contribution >= 0.6 is 0 Å². The topological polar surface area (TPSA) is 111 Å². The molecule has 0 radical (unpaired) electrons. The van der Waals surface area contributed by atoms with Crippen molar-refractivity contribution in [1.29, 1.82) is 0 Å². The van der Waals surface area contributed by atoms with Crippen LogP contribution in [0.25, 0.3) is 38.8 Å². The maximum Gasteiger partial charge on any atom is 0.329 e. The van der Waals surface area contributed by atoms with Gasteiger partial charge >= 0.3 is 5.69 Å².